The summed E-state index contributed by atoms with van der Waals surface area (Å²) in [7, 11) is 1.26. The van der Waals surface area contributed by atoms with E-state index < -0.39 is 22.9 Å². The molecule has 1 saturated heterocycles. The number of carbonyl (C=O) groups excluding carboxylic acids is 3. The van der Waals surface area contributed by atoms with Crippen molar-refractivity contribution in [1.29, 1.82) is 0 Å². The molecule has 0 bridgehead atoms. The average molecular weight is 275 g/mol. The predicted octanol–water partition coefficient (Wildman–Crippen LogP) is 0.403. The number of methoxy groups -OCH3 is 1. The third kappa shape index (κ3) is 2.45. The highest BCUT2D eigenvalue weighted by Crippen LogP contribution is 2.40. The summed E-state index contributed by atoms with van der Waals surface area (Å²) in [6, 6.07) is -0.744. The SMILES string of the molecule is CCOC(=O)C1(C)SCC(C(=O)OC)N1C(C)=O. The lowest BCUT2D eigenvalue weighted by molar-refractivity contribution is -0.161. The fraction of sp³-hybridized carbons (Fsp3) is 0.727. The van der Waals surface area contributed by atoms with Gasteiger partial charge in [0, 0.05) is 12.7 Å². The summed E-state index contributed by atoms with van der Waals surface area (Å²) in [5, 5.41) is 0. The van der Waals surface area contributed by atoms with Gasteiger partial charge in [-0.2, -0.15) is 0 Å². The molecular formula is C11H17NO5S. The minimum Gasteiger partial charge on any atom is -0.467 e. The summed E-state index contributed by atoms with van der Waals surface area (Å²) in [6.45, 7) is 4.82. The summed E-state index contributed by atoms with van der Waals surface area (Å²) in [4.78, 5) is 35.3. The second-order valence-electron chi connectivity index (χ2n) is 3.94. The highest BCUT2D eigenvalue weighted by atomic mass is 32.2. The Morgan fingerprint density at radius 3 is 2.50 bits per heavy atom. The highest BCUT2D eigenvalue weighted by Gasteiger charge is 2.54. The Morgan fingerprint density at radius 1 is 1.44 bits per heavy atom. The maximum Gasteiger partial charge on any atom is 0.342 e. The van der Waals surface area contributed by atoms with Crippen LogP contribution in [-0.4, -0.2) is 53.1 Å². The molecule has 1 aliphatic heterocycles. The maximum atomic E-state index is 11.9. The van der Waals surface area contributed by atoms with Crippen molar-refractivity contribution < 1.29 is 23.9 Å². The minimum absolute atomic E-state index is 0.226. The van der Waals surface area contributed by atoms with E-state index in [2.05, 4.69) is 4.74 Å². The zero-order valence-electron chi connectivity index (χ0n) is 10.9. The Morgan fingerprint density at radius 2 is 2.06 bits per heavy atom. The van der Waals surface area contributed by atoms with Crippen molar-refractivity contribution in [1.82, 2.24) is 4.90 Å². The van der Waals surface area contributed by atoms with Crippen LogP contribution in [0.25, 0.3) is 0 Å². The molecule has 18 heavy (non-hydrogen) atoms. The van der Waals surface area contributed by atoms with Crippen LogP contribution in [-0.2, 0) is 23.9 Å². The molecule has 1 rings (SSSR count). The monoisotopic (exact) mass is 275 g/mol. The summed E-state index contributed by atoms with van der Waals surface area (Å²) in [6.07, 6.45) is 0. The third-order valence-electron chi connectivity index (χ3n) is 2.76. The van der Waals surface area contributed by atoms with Crippen LogP contribution in [0, 0.1) is 0 Å². The van der Waals surface area contributed by atoms with E-state index in [0.717, 1.165) is 0 Å². The van der Waals surface area contributed by atoms with Crippen LogP contribution in [0.1, 0.15) is 20.8 Å². The molecule has 0 spiro atoms. The van der Waals surface area contributed by atoms with Crippen molar-refractivity contribution in [2.45, 2.75) is 31.7 Å². The molecule has 102 valence electrons. The molecule has 7 heteroatoms. The molecule has 0 radical (unpaired) electrons. The van der Waals surface area contributed by atoms with Crippen molar-refractivity contribution in [2.24, 2.45) is 0 Å². The van der Waals surface area contributed by atoms with Crippen LogP contribution in [0.4, 0.5) is 0 Å². The van der Waals surface area contributed by atoms with E-state index in [1.54, 1.807) is 13.8 Å². The molecule has 2 atom stereocenters. The quantitative estimate of drug-likeness (QED) is 0.694. The molecule has 0 aromatic carbocycles. The molecular weight excluding hydrogens is 258 g/mol. The average Bonchev–Trinajstić information content (AvgIpc) is 2.68. The first-order valence-electron chi connectivity index (χ1n) is 5.57. The lowest BCUT2D eigenvalue weighted by Gasteiger charge is -2.33. The van der Waals surface area contributed by atoms with Gasteiger partial charge < -0.3 is 14.4 Å². The van der Waals surface area contributed by atoms with E-state index in [9.17, 15) is 14.4 Å². The van der Waals surface area contributed by atoms with Crippen LogP contribution in [0.5, 0.6) is 0 Å². The van der Waals surface area contributed by atoms with E-state index in [1.807, 2.05) is 0 Å². The summed E-state index contributed by atoms with van der Waals surface area (Å²) >= 11 is 1.21. The van der Waals surface area contributed by atoms with E-state index in [0.29, 0.717) is 5.75 Å². The largest absolute Gasteiger partial charge is 0.467 e. The van der Waals surface area contributed by atoms with Crippen molar-refractivity contribution in [3.63, 3.8) is 0 Å². The maximum absolute atomic E-state index is 11.9. The number of amides is 1. The minimum atomic E-state index is -1.17. The molecule has 0 saturated carbocycles. The molecule has 1 heterocycles. The Hall–Kier alpha value is -1.24. The Bertz CT molecular complexity index is 372. The van der Waals surface area contributed by atoms with Gasteiger partial charge in [0.2, 0.25) is 5.91 Å². The molecule has 1 amide bonds. The first-order chi connectivity index (χ1) is 8.38. The normalized spacial score (nSPS) is 26.9. The van der Waals surface area contributed by atoms with Crippen LogP contribution in [0.3, 0.4) is 0 Å². The van der Waals surface area contributed by atoms with E-state index in [1.165, 1.54) is 30.7 Å². The lowest BCUT2D eigenvalue weighted by atomic mass is 10.2. The number of hydrogen-bond acceptors (Lipinski definition) is 6. The van der Waals surface area contributed by atoms with Crippen molar-refractivity contribution in [3.05, 3.63) is 0 Å². The smallest absolute Gasteiger partial charge is 0.342 e. The standard InChI is InChI=1S/C11H17NO5S/c1-5-17-10(15)11(3)12(7(2)13)8(6-18-11)9(14)16-4/h8H,5-6H2,1-4H3. The number of hydrogen-bond donors (Lipinski definition) is 0. The number of thioether (sulfide) groups is 1. The molecule has 1 aliphatic rings. The van der Waals surface area contributed by atoms with Gasteiger partial charge in [0.05, 0.1) is 13.7 Å². The van der Waals surface area contributed by atoms with E-state index in [4.69, 9.17) is 4.74 Å². The van der Waals surface area contributed by atoms with Crippen LogP contribution >= 0.6 is 11.8 Å². The van der Waals surface area contributed by atoms with Gasteiger partial charge in [-0.1, -0.05) is 0 Å². The molecule has 0 aromatic rings. The van der Waals surface area contributed by atoms with Gasteiger partial charge in [-0.15, -0.1) is 11.8 Å². The van der Waals surface area contributed by atoms with E-state index >= 15 is 0 Å². The lowest BCUT2D eigenvalue weighted by Crippen LogP contribution is -2.54. The number of ether oxygens (including phenoxy) is 2. The molecule has 6 nitrogen and oxygen atoms in total. The molecule has 0 N–H and O–H groups in total. The van der Waals surface area contributed by atoms with Gasteiger partial charge in [0.25, 0.3) is 0 Å². The molecule has 0 aromatic heterocycles. The second-order valence-corrected chi connectivity index (χ2v) is 5.36. The Labute approximate surface area is 110 Å². The zero-order valence-corrected chi connectivity index (χ0v) is 11.7. The summed E-state index contributed by atoms with van der Waals surface area (Å²) < 4.78 is 9.61. The Kier molecular flexibility index (Phi) is 4.61. The summed E-state index contributed by atoms with van der Waals surface area (Å²) in [5.41, 5.74) is 0. The fourth-order valence-corrected chi connectivity index (χ4v) is 3.27. The number of carbonyl (C=O) groups is 3. The third-order valence-corrected chi connectivity index (χ3v) is 4.17. The summed E-state index contributed by atoms with van der Waals surface area (Å²) in [5.74, 6) is -1.07. The van der Waals surface area contributed by atoms with Gasteiger partial charge >= 0.3 is 11.9 Å². The number of rotatable bonds is 3. The van der Waals surface area contributed by atoms with Crippen LogP contribution in [0.15, 0.2) is 0 Å². The predicted molar refractivity (Wildman–Crippen MR) is 65.8 cm³/mol. The first kappa shape index (κ1) is 14.8. The van der Waals surface area contributed by atoms with Gasteiger partial charge in [0.15, 0.2) is 4.87 Å². The van der Waals surface area contributed by atoms with Crippen molar-refractivity contribution >= 4 is 29.6 Å². The topological polar surface area (TPSA) is 72.9 Å². The van der Waals surface area contributed by atoms with Gasteiger partial charge in [-0.25, -0.2) is 9.59 Å². The number of nitrogens with zero attached hydrogens (tertiary/aromatic N) is 1. The number of esters is 2. The van der Waals surface area contributed by atoms with Gasteiger partial charge in [-0.3, -0.25) is 4.79 Å². The van der Waals surface area contributed by atoms with E-state index in [-0.39, 0.29) is 12.5 Å². The fourth-order valence-electron chi connectivity index (χ4n) is 1.93. The highest BCUT2D eigenvalue weighted by molar-refractivity contribution is 8.01. The van der Waals surface area contributed by atoms with Gasteiger partial charge in [-0.05, 0) is 13.8 Å². The van der Waals surface area contributed by atoms with Crippen LogP contribution in [0.2, 0.25) is 0 Å². The molecule has 0 aliphatic carbocycles. The van der Waals surface area contributed by atoms with Crippen molar-refractivity contribution in [2.75, 3.05) is 19.5 Å². The van der Waals surface area contributed by atoms with Crippen LogP contribution < -0.4 is 0 Å². The second kappa shape index (κ2) is 5.60. The first-order valence-corrected chi connectivity index (χ1v) is 6.56. The molecule has 2 unspecified atom stereocenters. The van der Waals surface area contributed by atoms with Crippen molar-refractivity contribution in [3.8, 4) is 0 Å². The van der Waals surface area contributed by atoms with Gasteiger partial charge in [0.1, 0.15) is 6.04 Å². The Balaban J connectivity index is 3.04. The molecule has 1 fully saturated rings. The zero-order chi connectivity index (χ0) is 13.9.